The van der Waals surface area contributed by atoms with Crippen molar-refractivity contribution in [1.29, 1.82) is 0 Å². The van der Waals surface area contributed by atoms with Gasteiger partial charge in [0, 0.05) is 62.0 Å². The molecule has 2 aliphatic rings. The number of benzene rings is 2. The van der Waals surface area contributed by atoms with E-state index in [0.717, 1.165) is 65.3 Å². The summed E-state index contributed by atoms with van der Waals surface area (Å²) in [5.74, 6) is 0.947. The molecule has 4 heterocycles. The van der Waals surface area contributed by atoms with Gasteiger partial charge in [0.05, 0.1) is 11.2 Å². The van der Waals surface area contributed by atoms with Gasteiger partial charge >= 0.3 is 0 Å². The average molecular weight is 481 g/mol. The third-order valence-electron chi connectivity index (χ3n) is 7.99. The van der Waals surface area contributed by atoms with E-state index in [0.29, 0.717) is 17.4 Å². The highest BCUT2D eigenvalue weighted by Gasteiger charge is 2.39. The van der Waals surface area contributed by atoms with Crippen LogP contribution in [0.15, 0.2) is 60.8 Å². The van der Waals surface area contributed by atoms with E-state index in [4.69, 9.17) is 10.7 Å². The summed E-state index contributed by atoms with van der Waals surface area (Å²) in [6.45, 7) is 6.50. The lowest BCUT2D eigenvalue weighted by Gasteiger charge is -2.24. The predicted molar refractivity (Wildman–Crippen MR) is 143 cm³/mol. The Labute approximate surface area is 211 Å². The maximum atomic E-state index is 12.7. The molecule has 2 N–H and O–H groups in total. The molecule has 3 atom stereocenters. The molecule has 4 aromatic rings. The van der Waals surface area contributed by atoms with E-state index >= 15 is 0 Å². The monoisotopic (exact) mass is 480 g/mol. The Morgan fingerprint density at radius 1 is 0.944 bits per heavy atom. The Hall–Kier alpha value is -3.71. The van der Waals surface area contributed by atoms with Crippen LogP contribution in [0.4, 0.5) is 5.69 Å². The summed E-state index contributed by atoms with van der Waals surface area (Å²) in [4.78, 5) is 22.4. The van der Waals surface area contributed by atoms with E-state index in [-0.39, 0.29) is 11.8 Å². The number of nitrogens with zero attached hydrogens (tertiary/aromatic N) is 5. The van der Waals surface area contributed by atoms with Gasteiger partial charge in [0.15, 0.2) is 0 Å². The van der Waals surface area contributed by atoms with Gasteiger partial charge in [-0.3, -0.25) is 9.48 Å². The first kappa shape index (κ1) is 22.7. The Bertz CT molecular complexity index is 1450. The molecule has 184 valence electrons. The first-order chi connectivity index (χ1) is 17.4. The van der Waals surface area contributed by atoms with Gasteiger partial charge in [0.2, 0.25) is 5.91 Å². The van der Waals surface area contributed by atoms with Crippen molar-refractivity contribution in [3.63, 3.8) is 0 Å². The quantitative estimate of drug-likeness (QED) is 0.469. The highest BCUT2D eigenvalue weighted by molar-refractivity contribution is 5.96. The molecule has 1 amide bonds. The molecule has 2 fully saturated rings. The average Bonchev–Trinajstić information content (AvgIpc) is 3.57. The molecule has 0 unspecified atom stereocenters. The summed E-state index contributed by atoms with van der Waals surface area (Å²) < 4.78 is 1.78. The minimum atomic E-state index is -0.388. The van der Waals surface area contributed by atoms with Gasteiger partial charge in [-0.2, -0.15) is 5.10 Å². The molecule has 0 aliphatic carbocycles. The fourth-order valence-corrected chi connectivity index (χ4v) is 6.18. The Kier molecular flexibility index (Phi) is 5.52. The van der Waals surface area contributed by atoms with E-state index in [1.165, 1.54) is 0 Å². The lowest BCUT2D eigenvalue weighted by Crippen LogP contribution is -2.27. The maximum Gasteiger partial charge on any atom is 0.249 e. The molecule has 0 saturated carbocycles. The molecular formula is C29H32N6O. The van der Waals surface area contributed by atoms with Gasteiger partial charge in [-0.1, -0.05) is 31.2 Å². The maximum absolute atomic E-state index is 12.7. The SMILES string of the molecule is C[C@@H](c1ccc(N2C[C@H]3CN(C)C[C@H]3C2)cc1C(N)=O)c1cc(-c2ccn(C)n2)nc2ccccc12. The van der Waals surface area contributed by atoms with Crippen LogP contribution < -0.4 is 10.6 Å². The number of para-hydroxylation sites is 1. The fourth-order valence-electron chi connectivity index (χ4n) is 6.18. The molecule has 0 spiro atoms. The molecule has 7 nitrogen and oxygen atoms in total. The van der Waals surface area contributed by atoms with Crippen molar-refractivity contribution in [2.24, 2.45) is 24.6 Å². The van der Waals surface area contributed by atoms with Crippen LogP contribution in [0, 0.1) is 11.8 Å². The van der Waals surface area contributed by atoms with Crippen LogP contribution in [0.3, 0.4) is 0 Å². The first-order valence-electron chi connectivity index (χ1n) is 12.6. The number of amides is 1. The number of primary amides is 1. The molecule has 0 radical (unpaired) electrons. The van der Waals surface area contributed by atoms with Crippen molar-refractivity contribution in [3.05, 3.63) is 77.5 Å². The van der Waals surface area contributed by atoms with E-state index in [1.807, 2.05) is 43.6 Å². The minimum Gasteiger partial charge on any atom is -0.371 e. The van der Waals surface area contributed by atoms with E-state index < -0.39 is 0 Å². The fraction of sp³-hybridized carbons (Fsp3) is 0.345. The number of aryl methyl sites for hydroxylation is 1. The zero-order chi connectivity index (χ0) is 25.0. The van der Waals surface area contributed by atoms with Crippen LogP contribution in [-0.4, -0.2) is 58.8 Å². The Morgan fingerprint density at radius 2 is 1.69 bits per heavy atom. The largest absolute Gasteiger partial charge is 0.371 e. The summed E-state index contributed by atoms with van der Waals surface area (Å²) in [5, 5.41) is 5.63. The number of likely N-dealkylation sites (tertiary alicyclic amines) is 1. The molecular weight excluding hydrogens is 448 g/mol. The molecule has 2 aliphatic heterocycles. The molecule has 2 saturated heterocycles. The van der Waals surface area contributed by atoms with E-state index in [2.05, 4.69) is 53.1 Å². The topological polar surface area (TPSA) is 80.3 Å². The van der Waals surface area contributed by atoms with Gasteiger partial charge < -0.3 is 15.5 Å². The summed E-state index contributed by atoms with van der Waals surface area (Å²) in [6, 6.07) is 18.5. The zero-order valence-corrected chi connectivity index (χ0v) is 21.1. The highest BCUT2D eigenvalue weighted by atomic mass is 16.1. The van der Waals surface area contributed by atoms with Crippen LogP contribution in [0.1, 0.15) is 34.3 Å². The number of nitrogens with two attached hydrogens (primary N) is 1. The number of hydrogen-bond donors (Lipinski definition) is 1. The smallest absolute Gasteiger partial charge is 0.249 e. The number of carbonyl (C=O) groups excluding carboxylic acids is 1. The number of pyridine rings is 1. The molecule has 2 aromatic heterocycles. The second-order valence-corrected chi connectivity index (χ2v) is 10.5. The Balaban J connectivity index is 1.40. The molecule has 7 heteroatoms. The van der Waals surface area contributed by atoms with Crippen LogP contribution >= 0.6 is 0 Å². The molecule has 36 heavy (non-hydrogen) atoms. The third-order valence-corrected chi connectivity index (χ3v) is 7.99. The Morgan fingerprint density at radius 3 is 2.39 bits per heavy atom. The number of hydrogen-bond acceptors (Lipinski definition) is 5. The lowest BCUT2D eigenvalue weighted by molar-refractivity contribution is 0.0999. The number of rotatable bonds is 5. The van der Waals surface area contributed by atoms with E-state index in [1.54, 1.807) is 4.68 Å². The number of fused-ring (bicyclic) bond motifs is 2. The number of carbonyl (C=O) groups is 1. The van der Waals surface area contributed by atoms with Gasteiger partial charge in [0.1, 0.15) is 5.69 Å². The second kappa shape index (κ2) is 8.75. The van der Waals surface area contributed by atoms with Crippen molar-refractivity contribution in [1.82, 2.24) is 19.7 Å². The number of anilines is 1. The van der Waals surface area contributed by atoms with Gasteiger partial charge in [-0.05, 0) is 60.3 Å². The molecule has 0 bridgehead atoms. The first-order valence-corrected chi connectivity index (χ1v) is 12.6. The summed E-state index contributed by atoms with van der Waals surface area (Å²) in [5.41, 5.74) is 12.2. The molecule has 2 aromatic carbocycles. The third kappa shape index (κ3) is 3.93. The standard InChI is InChI=1S/C29H32N6O/c1-18(24-13-28(27-10-11-34(3)32-27)31-26-7-5-4-6-23(24)26)22-9-8-21(12-25(22)29(30)36)35-16-19-14-33(2)15-20(19)17-35/h4-13,18-20H,14-17H2,1-3H3,(H2,30,36)/t18-,19-,20+/m0/s1. The number of aromatic nitrogens is 3. The van der Waals surface area contributed by atoms with E-state index in [9.17, 15) is 4.79 Å². The zero-order valence-electron chi connectivity index (χ0n) is 21.1. The van der Waals surface area contributed by atoms with Crippen LogP contribution in [0.5, 0.6) is 0 Å². The van der Waals surface area contributed by atoms with Crippen LogP contribution in [0.25, 0.3) is 22.3 Å². The highest BCUT2D eigenvalue weighted by Crippen LogP contribution is 2.38. The van der Waals surface area contributed by atoms with Gasteiger partial charge in [-0.25, -0.2) is 4.98 Å². The van der Waals surface area contributed by atoms with Crippen LogP contribution in [0.2, 0.25) is 0 Å². The molecule has 6 rings (SSSR count). The van der Waals surface area contributed by atoms with Gasteiger partial charge in [0.25, 0.3) is 0 Å². The van der Waals surface area contributed by atoms with Crippen molar-refractivity contribution < 1.29 is 4.79 Å². The lowest BCUT2D eigenvalue weighted by atomic mass is 9.86. The second-order valence-electron chi connectivity index (χ2n) is 10.5. The van der Waals surface area contributed by atoms with Crippen molar-refractivity contribution >= 4 is 22.5 Å². The predicted octanol–water partition coefficient (Wildman–Crippen LogP) is 3.88. The summed E-state index contributed by atoms with van der Waals surface area (Å²) in [6.07, 6.45) is 1.92. The summed E-state index contributed by atoms with van der Waals surface area (Å²) in [7, 11) is 4.10. The van der Waals surface area contributed by atoms with Crippen molar-refractivity contribution in [2.75, 3.05) is 38.1 Å². The summed E-state index contributed by atoms with van der Waals surface area (Å²) >= 11 is 0. The normalized spacial score (nSPS) is 20.7. The minimum absolute atomic E-state index is 0.0523. The van der Waals surface area contributed by atoms with Crippen molar-refractivity contribution in [2.45, 2.75) is 12.8 Å². The van der Waals surface area contributed by atoms with Crippen molar-refractivity contribution in [3.8, 4) is 11.4 Å². The van der Waals surface area contributed by atoms with Crippen LogP contribution in [-0.2, 0) is 7.05 Å². The van der Waals surface area contributed by atoms with Gasteiger partial charge in [-0.15, -0.1) is 0 Å².